The number of carbonyl (C=O) groups excluding carboxylic acids is 3. The van der Waals surface area contributed by atoms with Crippen LogP contribution in [0.2, 0.25) is 4.34 Å². The van der Waals surface area contributed by atoms with Crippen molar-refractivity contribution in [1.29, 1.82) is 0 Å². The quantitative estimate of drug-likeness (QED) is 0.770. The van der Waals surface area contributed by atoms with E-state index in [0.29, 0.717) is 41.0 Å². The summed E-state index contributed by atoms with van der Waals surface area (Å²) in [5.41, 5.74) is 1.27. The van der Waals surface area contributed by atoms with Crippen molar-refractivity contribution in [3.05, 3.63) is 45.6 Å². The monoisotopic (exact) mass is 449 g/mol. The van der Waals surface area contributed by atoms with Crippen molar-refractivity contribution < 1.29 is 23.9 Å². The summed E-state index contributed by atoms with van der Waals surface area (Å²) in [7, 11) is 0. The lowest BCUT2D eigenvalue weighted by atomic mass is 10.2. The lowest BCUT2D eigenvalue weighted by molar-refractivity contribution is -0.125. The van der Waals surface area contributed by atoms with Crippen LogP contribution in [0, 0.1) is 0 Å². The van der Waals surface area contributed by atoms with E-state index in [0.717, 1.165) is 12.1 Å². The Kier molecular flexibility index (Phi) is 6.21. The van der Waals surface area contributed by atoms with Crippen LogP contribution in [0.1, 0.15) is 22.5 Å². The van der Waals surface area contributed by atoms with Crippen molar-refractivity contribution in [2.75, 3.05) is 36.5 Å². The lowest BCUT2D eigenvalue weighted by Gasteiger charge is -2.27. The largest absolute Gasteiger partial charge is 0.425 e. The maximum Gasteiger partial charge on any atom is 0.413 e. The van der Waals surface area contributed by atoms with Gasteiger partial charge in [0.25, 0.3) is 11.8 Å². The van der Waals surface area contributed by atoms with Crippen molar-refractivity contribution in [1.82, 2.24) is 4.90 Å². The molecule has 1 atom stereocenters. The number of benzene rings is 1. The predicted octanol–water partition coefficient (Wildman–Crippen LogP) is 3.58. The first-order valence-corrected chi connectivity index (χ1v) is 10.7. The van der Waals surface area contributed by atoms with Gasteiger partial charge in [-0.1, -0.05) is 11.6 Å². The van der Waals surface area contributed by atoms with Gasteiger partial charge in [0.15, 0.2) is 6.23 Å². The molecule has 4 rings (SSSR count). The highest BCUT2D eigenvalue weighted by molar-refractivity contribution is 7.17. The number of nitrogens with zero attached hydrogens (tertiary/aromatic N) is 2. The number of amides is 3. The molecule has 2 saturated heterocycles. The first kappa shape index (κ1) is 20.6. The molecule has 8 nitrogen and oxygen atoms in total. The number of ether oxygens (including phenoxy) is 2. The smallest absolute Gasteiger partial charge is 0.413 e. The lowest BCUT2D eigenvalue weighted by Crippen LogP contribution is -2.41. The summed E-state index contributed by atoms with van der Waals surface area (Å²) in [6.07, 6.45) is 0.0734. The molecule has 2 aliphatic heterocycles. The Labute approximate surface area is 182 Å². The van der Waals surface area contributed by atoms with Crippen LogP contribution in [0.15, 0.2) is 36.4 Å². The van der Waals surface area contributed by atoms with Crippen molar-refractivity contribution in [3.63, 3.8) is 0 Å². The molecule has 0 saturated carbocycles. The zero-order valence-corrected chi connectivity index (χ0v) is 17.6. The number of halogens is 1. The molecule has 0 unspecified atom stereocenters. The molecule has 2 fully saturated rings. The van der Waals surface area contributed by atoms with Crippen LogP contribution < -0.4 is 10.2 Å². The van der Waals surface area contributed by atoms with Gasteiger partial charge in [-0.2, -0.15) is 0 Å². The molecular weight excluding hydrogens is 430 g/mol. The molecule has 0 spiro atoms. The molecule has 2 aromatic rings. The third kappa shape index (κ3) is 4.58. The SMILES string of the molecule is O=C(Nc1ccc(N2CCOCC2=O)cc1)O[C@@H]1CCCN1C(=O)c1ccc(Cl)s1. The maximum atomic E-state index is 12.6. The van der Waals surface area contributed by atoms with Gasteiger partial charge >= 0.3 is 6.09 Å². The van der Waals surface area contributed by atoms with E-state index in [2.05, 4.69) is 5.32 Å². The molecular formula is C20H20ClN3O5S. The second-order valence-electron chi connectivity index (χ2n) is 6.87. The number of hydrogen-bond donors (Lipinski definition) is 1. The minimum atomic E-state index is -0.640. The van der Waals surface area contributed by atoms with Crippen LogP contribution in [0.5, 0.6) is 0 Å². The summed E-state index contributed by atoms with van der Waals surface area (Å²) in [5, 5.41) is 2.67. The van der Waals surface area contributed by atoms with Crippen LogP contribution in [0.25, 0.3) is 0 Å². The molecule has 30 heavy (non-hydrogen) atoms. The minimum Gasteiger partial charge on any atom is -0.425 e. The topological polar surface area (TPSA) is 88.2 Å². The van der Waals surface area contributed by atoms with E-state index in [1.54, 1.807) is 46.2 Å². The molecule has 158 valence electrons. The first-order chi connectivity index (χ1) is 14.5. The number of morpholine rings is 1. The van der Waals surface area contributed by atoms with Gasteiger partial charge in [0.1, 0.15) is 6.61 Å². The number of nitrogens with one attached hydrogen (secondary N) is 1. The summed E-state index contributed by atoms with van der Waals surface area (Å²) < 4.78 is 11.2. The van der Waals surface area contributed by atoms with Gasteiger partial charge in [-0.3, -0.25) is 14.9 Å². The zero-order valence-electron chi connectivity index (χ0n) is 16.0. The fraction of sp³-hybridized carbons (Fsp3) is 0.350. The molecule has 2 aliphatic rings. The van der Waals surface area contributed by atoms with E-state index in [9.17, 15) is 14.4 Å². The maximum absolute atomic E-state index is 12.6. The molecule has 3 heterocycles. The van der Waals surface area contributed by atoms with Crippen LogP contribution in [-0.2, 0) is 14.3 Å². The van der Waals surface area contributed by atoms with Gasteiger partial charge in [0.2, 0.25) is 0 Å². The summed E-state index contributed by atoms with van der Waals surface area (Å²) in [4.78, 5) is 40.6. The van der Waals surface area contributed by atoms with Crippen LogP contribution in [0.4, 0.5) is 16.2 Å². The van der Waals surface area contributed by atoms with Gasteiger partial charge in [0.05, 0.1) is 15.8 Å². The molecule has 1 N–H and O–H groups in total. The number of carbonyl (C=O) groups is 3. The van der Waals surface area contributed by atoms with Gasteiger partial charge in [-0.25, -0.2) is 4.79 Å². The van der Waals surface area contributed by atoms with E-state index in [1.165, 1.54) is 11.3 Å². The zero-order chi connectivity index (χ0) is 21.1. The third-order valence-corrected chi connectivity index (χ3v) is 6.12. The standard InChI is InChI=1S/C20H20ClN3O5S/c21-16-8-7-15(30-16)19(26)24-9-1-2-18(24)29-20(27)22-13-3-5-14(6-4-13)23-10-11-28-12-17(23)25/h3-8,18H,1-2,9-12H2,(H,22,27)/t18-/m1/s1. The second kappa shape index (κ2) is 9.03. The normalized spacial score (nSPS) is 19.1. The molecule has 3 amide bonds. The number of thiophene rings is 1. The fourth-order valence-corrected chi connectivity index (χ4v) is 4.45. The Morgan fingerprint density at radius 1 is 1.17 bits per heavy atom. The van der Waals surface area contributed by atoms with Gasteiger partial charge in [-0.15, -0.1) is 11.3 Å². The number of hydrogen-bond acceptors (Lipinski definition) is 6. The molecule has 0 radical (unpaired) electrons. The first-order valence-electron chi connectivity index (χ1n) is 9.53. The van der Waals surface area contributed by atoms with E-state index >= 15 is 0 Å². The third-order valence-electron chi connectivity index (χ3n) is 4.90. The molecule has 10 heteroatoms. The minimum absolute atomic E-state index is 0.0701. The molecule has 0 aliphatic carbocycles. The number of rotatable bonds is 4. The van der Waals surface area contributed by atoms with E-state index in [1.807, 2.05) is 0 Å². The molecule has 1 aromatic heterocycles. The van der Waals surface area contributed by atoms with Crippen molar-refractivity contribution in [2.24, 2.45) is 0 Å². The van der Waals surface area contributed by atoms with Crippen molar-refractivity contribution in [3.8, 4) is 0 Å². The van der Waals surface area contributed by atoms with Gasteiger partial charge in [-0.05, 0) is 42.8 Å². The summed E-state index contributed by atoms with van der Waals surface area (Å²) >= 11 is 7.12. The van der Waals surface area contributed by atoms with Crippen LogP contribution in [0.3, 0.4) is 0 Å². The van der Waals surface area contributed by atoms with E-state index in [4.69, 9.17) is 21.1 Å². The fourth-order valence-electron chi connectivity index (χ4n) is 3.45. The highest BCUT2D eigenvalue weighted by Crippen LogP contribution is 2.27. The van der Waals surface area contributed by atoms with Crippen LogP contribution >= 0.6 is 22.9 Å². The van der Waals surface area contributed by atoms with Crippen molar-refractivity contribution >= 4 is 52.2 Å². The Hall–Kier alpha value is -2.62. The summed E-state index contributed by atoms with van der Waals surface area (Å²) in [6.45, 7) is 1.58. The summed E-state index contributed by atoms with van der Waals surface area (Å²) in [6, 6.07) is 10.3. The Morgan fingerprint density at radius 2 is 1.97 bits per heavy atom. The number of anilines is 2. The summed E-state index contributed by atoms with van der Waals surface area (Å²) in [5.74, 6) is -0.291. The van der Waals surface area contributed by atoms with E-state index < -0.39 is 12.3 Å². The Morgan fingerprint density at radius 3 is 2.67 bits per heavy atom. The number of likely N-dealkylation sites (tertiary alicyclic amines) is 1. The van der Waals surface area contributed by atoms with E-state index in [-0.39, 0.29) is 18.4 Å². The molecule has 0 bridgehead atoms. The Balaban J connectivity index is 1.34. The highest BCUT2D eigenvalue weighted by Gasteiger charge is 2.33. The van der Waals surface area contributed by atoms with Crippen LogP contribution in [-0.4, -0.2) is 55.3 Å². The van der Waals surface area contributed by atoms with Gasteiger partial charge in [0, 0.05) is 30.9 Å². The highest BCUT2D eigenvalue weighted by atomic mass is 35.5. The average Bonchev–Trinajstić information content (AvgIpc) is 3.37. The van der Waals surface area contributed by atoms with Gasteiger partial charge < -0.3 is 19.3 Å². The van der Waals surface area contributed by atoms with Crippen molar-refractivity contribution in [2.45, 2.75) is 19.1 Å². The average molecular weight is 450 g/mol. The molecule has 1 aromatic carbocycles. The predicted molar refractivity (Wildman–Crippen MR) is 113 cm³/mol. The second-order valence-corrected chi connectivity index (χ2v) is 8.59. The Bertz CT molecular complexity index is 948.